The molecule has 1 aromatic heterocycles. The second-order valence-electron chi connectivity index (χ2n) is 7.62. The quantitative estimate of drug-likeness (QED) is 0.789. The van der Waals surface area contributed by atoms with Crippen LogP contribution in [0, 0.1) is 5.92 Å². The van der Waals surface area contributed by atoms with Gasteiger partial charge in [-0.15, -0.1) is 0 Å². The molecule has 1 aromatic carbocycles. The maximum atomic E-state index is 13.1. The molecule has 2 heterocycles. The Hall–Kier alpha value is -2.49. The van der Waals surface area contributed by atoms with Crippen molar-refractivity contribution >= 4 is 31.0 Å². The number of aromatic nitrogens is 2. The average molecular weight is 440 g/mol. The normalized spacial score (nSPS) is 19.0. The van der Waals surface area contributed by atoms with Crippen LogP contribution in [-0.2, 0) is 17.5 Å². The SMILES string of the molecule is C[C@H]1CN(c2ccc(C(F)(F)F)cc2)C(=O)c2c(CNC(=O)C3CCC3)cnn21.S. The predicted octanol–water partition coefficient (Wildman–Crippen LogP) is 3.65. The molecular weight excluding hydrogens is 417 g/mol. The zero-order chi connectivity index (χ0) is 20.8. The molecule has 30 heavy (non-hydrogen) atoms. The van der Waals surface area contributed by atoms with Crippen LogP contribution in [0.5, 0.6) is 0 Å². The molecule has 1 N–H and O–H groups in total. The molecule has 1 fully saturated rings. The number of carbonyl (C=O) groups is 2. The molecule has 162 valence electrons. The first kappa shape index (κ1) is 22.2. The standard InChI is InChI=1S/C20H21F3N4O2.H2S/c1-12-11-26(16-7-5-15(6-8-16)20(21,22)23)19(29)17-14(10-25-27(12)17)9-24-18(28)13-3-2-4-13;/h5-8,10,12-13H,2-4,9,11H2,1H3,(H,24,28);1H2/t12-;/m0./s1. The molecule has 2 aliphatic rings. The van der Waals surface area contributed by atoms with E-state index < -0.39 is 11.7 Å². The molecule has 2 amide bonds. The van der Waals surface area contributed by atoms with Crippen molar-refractivity contribution in [3.63, 3.8) is 0 Å². The molecular formula is C20H23F3N4O2S. The summed E-state index contributed by atoms with van der Waals surface area (Å²) in [5.41, 5.74) is 0.596. The van der Waals surface area contributed by atoms with E-state index in [0.717, 1.165) is 31.4 Å². The van der Waals surface area contributed by atoms with Crippen LogP contribution in [0.3, 0.4) is 0 Å². The number of hydrogen-bond acceptors (Lipinski definition) is 3. The number of amides is 2. The summed E-state index contributed by atoms with van der Waals surface area (Å²) in [6.07, 6.45) is -0.0339. The first-order valence-corrected chi connectivity index (χ1v) is 9.59. The number of rotatable bonds is 4. The third kappa shape index (κ3) is 4.05. The van der Waals surface area contributed by atoms with Gasteiger partial charge in [0.2, 0.25) is 5.91 Å². The molecule has 1 atom stereocenters. The summed E-state index contributed by atoms with van der Waals surface area (Å²) in [6.45, 7) is 2.38. The third-order valence-electron chi connectivity index (χ3n) is 5.62. The van der Waals surface area contributed by atoms with E-state index in [0.29, 0.717) is 23.5 Å². The van der Waals surface area contributed by atoms with Crippen LogP contribution in [0.15, 0.2) is 30.5 Å². The first-order valence-electron chi connectivity index (χ1n) is 9.59. The number of alkyl halides is 3. The molecule has 0 spiro atoms. The molecule has 2 aromatic rings. The van der Waals surface area contributed by atoms with Crippen LogP contribution in [0.2, 0.25) is 0 Å². The number of anilines is 1. The fourth-order valence-electron chi connectivity index (χ4n) is 3.70. The Morgan fingerprint density at radius 1 is 1.23 bits per heavy atom. The summed E-state index contributed by atoms with van der Waals surface area (Å²) in [7, 11) is 0. The van der Waals surface area contributed by atoms with E-state index in [4.69, 9.17) is 0 Å². The number of benzene rings is 1. The monoisotopic (exact) mass is 440 g/mol. The summed E-state index contributed by atoms with van der Waals surface area (Å²) >= 11 is 0. The van der Waals surface area contributed by atoms with Gasteiger partial charge in [0.15, 0.2) is 0 Å². The number of carbonyl (C=O) groups excluding carboxylic acids is 2. The highest BCUT2D eigenvalue weighted by atomic mass is 32.1. The molecule has 10 heteroatoms. The fourth-order valence-corrected chi connectivity index (χ4v) is 3.70. The van der Waals surface area contributed by atoms with Crippen molar-refractivity contribution in [2.75, 3.05) is 11.4 Å². The van der Waals surface area contributed by atoms with E-state index in [-0.39, 0.29) is 43.8 Å². The molecule has 1 saturated carbocycles. The van der Waals surface area contributed by atoms with Crippen LogP contribution < -0.4 is 10.2 Å². The Morgan fingerprint density at radius 3 is 2.47 bits per heavy atom. The minimum atomic E-state index is -4.43. The predicted molar refractivity (Wildman–Crippen MR) is 110 cm³/mol. The van der Waals surface area contributed by atoms with E-state index in [1.807, 2.05) is 6.92 Å². The Balaban J connectivity index is 0.00000256. The average Bonchev–Trinajstić information content (AvgIpc) is 3.06. The lowest BCUT2D eigenvalue weighted by atomic mass is 9.85. The lowest BCUT2D eigenvalue weighted by molar-refractivity contribution is -0.137. The summed E-state index contributed by atoms with van der Waals surface area (Å²) in [4.78, 5) is 26.7. The highest BCUT2D eigenvalue weighted by molar-refractivity contribution is 7.59. The highest BCUT2D eigenvalue weighted by Crippen LogP contribution is 2.33. The zero-order valence-electron chi connectivity index (χ0n) is 16.4. The molecule has 4 rings (SSSR count). The molecule has 1 aliphatic heterocycles. The minimum absolute atomic E-state index is 0. The Bertz CT molecular complexity index is 939. The lowest BCUT2D eigenvalue weighted by Gasteiger charge is -2.32. The fraction of sp³-hybridized carbons (Fsp3) is 0.450. The second-order valence-corrected chi connectivity index (χ2v) is 7.62. The van der Waals surface area contributed by atoms with Crippen molar-refractivity contribution in [2.45, 2.75) is 44.9 Å². The third-order valence-corrected chi connectivity index (χ3v) is 5.62. The van der Waals surface area contributed by atoms with Gasteiger partial charge >= 0.3 is 6.18 Å². The lowest BCUT2D eigenvalue weighted by Crippen LogP contribution is -2.43. The first-order chi connectivity index (χ1) is 13.8. The summed E-state index contributed by atoms with van der Waals surface area (Å²) in [5, 5.41) is 7.15. The van der Waals surface area contributed by atoms with Crippen molar-refractivity contribution in [1.29, 1.82) is 0 Å². The molecule has 1 aliphatic carbocycles. The molecule has 0 unspecified atom stereocenters. The molecule has 0 saturated heterocycles. The van der Waals surface area contributed by atoms with Gasteiger partial charge in [0.05, 0.1) is 17.8 Å². The zero-order valence-corrected chi connectivity index (χ0v) is 17.4. The van der Waals surface area contributed by atoms with E-state index in [2.05, 4.69) is 10.4 Å². The Labute approximate surface area is 178 Å². The van der Waals surface area contributed by atoms with Gasteiger partial charge in [-0.2, -0.15) is 31.8 Å². The maximum absolute atomic E-state index is 13.1. The van der Waals surface area contributed by atoms with Gasteiger partial charge in [-0.05, 0) is 44.0 Å². The van der Waals surface area contributed by atoms with Gasteiger partial charge in [0, 0.05) is 30.3 Å². The van der Waals surface area contributed by atoms with E-state index in [1.165, 1.54) is 17.0 Å². The van der Waals surface area contributed by atoms with E-state index in [1.54, 1.807) is 10.9 Å². The summed E-state index contributed by atoms with van der Waals surface area (Å²) in [5.74, 6) is -0.319. The minimum Gasteiger partial charge on any atom is -0.352 e. The van der Waals surface area contributed by atoms with Gasteiger partial charge < -0.3 is 10.2 Å². The van der Waals surface area contributed by atoms with Crippen LogP contribution in [0.25, 0.3) is 0 Å². The summed E-state index contributed by atoms with van der Waals surface area (Å²) in [6, 6.07) is 4.40. The number of halogens is 3. The van der Waals surface area contributed by atoms with E-state index in [9.17, 15) is 22.8 Å². The van der Waals surface area contributed by atoms with Gasteiger partial charge in [0.1, 0.15) is 5.69 Å². The molecule has 0 radical (unpaired) electrons. The van der Waals surface area contributed by atoms with Gasteiger partial charge in [-0.3, -0.25) is 14.3 Å². The Kier molecular flexibility index (Phi) is 6.16. The Morgan fingerprint density at radius 2 is 1.90 bits per heavy atom. The van der Waals surface area contributed by atoms with Crippen LogP contribution in [-0.4, -0.2) is 28.1 Å². The summed E-state index contributed by atoms with van der Waals surface area (Å²) < 4.78 is 40.1. The molecule has 6 nitrogen and oxygen atoms in total. The highest BCUT2D eigenvalue weighted by Gasteiger charge is 2.35. The van der Waals surface area contributed by atoms with Crippen molar-refractivity contribution in [2.24, 2.45) is 5.92 Å². The topological polar surface area (TPSA) is 67.2 Å². The van der Waals surface area contributed by atoms with Crippen molar-refractivity contribution in [3.8, 4) is 0 Å². The van der Waals surface area contributed by atoms with Crippen LogP contribution in [0.4, 0.5) is 18.9 Å². The van der Waals surface area contributed by atoms with Gasteiger partial charge in [0.25, 0.3) is 5.91 Å². The van der Waals surface area contributed by atoms with Gasteiger partial charge in [-0.1, -0.05) is 6.42 Å². The van der Waals surface area contributed by atoms with Crippen molar-refractivity contribution < 1.29 is 22.8 Å². The maximum Gasteiger partial charge on any atom is 0.416 e. The number of hydrogen-bond donors (Lipinski definition) is 1. The van der Waals surface area contributed by atoms with E-state index >= 15 is 0 Å². The van der Waals surface area contributed by atoms with Crippen LogP contribution in [0.1, 0.15) is 53.8 Å². The smallest absolute Gasteiger partial charge is 0.352 e. The van der Waals surface area contributed by atoms with Crippen LogP contribution >= 0.6 is 13.5 Å². The van der Waals surface area contributed by atoms with Crippen molar-refractivity contribution in [3.05, 3.63) is 47.3 Å². The van der Waals surface area contributed by atoms with Gasteiger partial charge in [-0.25, -0.2) is 0 Å². The molecule has 0 bridgehead atoms. The largest absolute Gasteiger partial charge is 0.416 e. The second kappa shape index (κ2) is 8.33. The number of nitrogens with one attached hydrogen (secondary N) is 1. The number of nitrogens with zero attached hydrogens (tertiary/aromatic N) is 3. The van der Waals surface area contributed by atoms with Crippen molar-refractivity contribution in [1.82, 2.24) is 15.1 Å². The number of fused-ring (bicyclic) bond motifs is 1.